The molecule has 1 N–H and O–H groups in total. The number of hydrogen-bond acceptors (Lipinski definition) is 1. The van der Waals surface area contributed by atoms with Gasteiger partial charge in [0.25, 0.3) is 0 Å². The first-order valence-corrected chi connectivity index (χ1v) is 5.98. The second-order valence-corrected chi connectivity index (χ2v) is 4.38. The number of benzene rings is 1. The molecule has 0 aromatic heterocycles. The van der Waals surface area contributed by atoms with E-state index in [2.05, 4.69) is 22.9 Å². The quantitative estimate of drug-likeness (QED) is 0.862. The topological polar surface area (TPSA) is 20.2 Å². The summed E-state index contributed by atoms with van der Waals surface area (Å²) in [6.45, 7) is 4.22. The van der Waals surface area contributed by atoms with Crippen LogP contribution in [0.2, 0.25) is 0 Å². The van der Waals surface area contributed by atoms with E-state index in [1.54, 1.807) is 0 Å². The Morgan fingerprint density at radius 3 is 2.50 bits per heavy atom. The Morgan fingerprint density at radius 2 is 1.93 bits per heavy atom. The van der Waals surface area contributed by atoms with Crippen molar-refractivity contribution in [3.8, 4) is 5.75 Å². The van der Waals surface area contributed by atoms with E-state index in [0.717, 1.165) is 22.9 Å². The molecule has 0 aliphatic heterocycles. The van der Waals surface area contributed by atoms with Gasteiger partial charge in [0, 0.05) is 4.47 Å². The first kappa shape index (κ1) is 11.6. The number of phenols is 1. The Bertz CT molecular complexity index is 307. The molecule has 1 rings (SSSR count). The van der Waals surface area contributed by atoms with E-state index in [1.807, 2.05) is 19.1 Å². The maximum atomic E-state index is 9.69. The van der Waals surface area contributed by atoms with Gasteiger partial charge in [0.05, 0.1) is 0 Å². The fourth-order valence-electron chi connectivity index (χ4n) is 1.49. The molecule has 0 fully saturated rings. The number of hydrogen-bond donors (Lipinski definition) is 1. The van der Waals surface area contributed by atoms with E-state index in [9.17, 15) is 5.11 Å². The third-order valence-corrected chi connectivity index (χ3v) is 3.17. The highest BCUT2D eigenvalue weighted by Gasteiger charge is 2.05. The van der Waals surface area contributed by atoms with E-state index in [-0.39, 0.29) is 0 Å². The molecule has 0 unspecified atom stereocenters. The van der Waals surface area contributed by atoms with Gasteiger partial charge >= 0.3 is 0 Å². The molecule has 0 bridgehead atoms. The SMILES string of the molecule is CCCCc1cc(O)c(CC)cc1Br. The predicted octanol–water partition coefficient (Wildman–Crippen LogP) is 4.06. The first-order valence-electron chi connectivity index (χ1n) is 5.19. The maximum Gasteiger partial charge on any atom is 0.119 e. The monoisotopic (exact) mass is 256 g/mol. The Labute approximate surface area is 94.3 Å². The van der Waals surface area contributed by atoms with Crippen molar-refractivity contribution in [3.05, 3.63) is 27.7 Å². The molecule has 1 nitrogen and oxygen atoms in total. The molecule has 0 amide bonds. The molecule has 0 aliphatic rings. The second kappa shape index (κ2) is 5.40. The molecular weight excluding hydrogens is 240 g/mol. The average Bonchev–Trinajstić information content (AvgIpc) is 2.18. The minimum absolute atomic E-state index is 0.432. The summed E-state index contributed by atoms with van der Waals surface area (Å²) in [5.74, 6) is 0.432. The Kier molecular flexibility index (Phi) is 4.46. The van der Waals surface area contributed by atoms with Gasteiger partial charge in [-0.2, -0.15) is 0 Å². The zero-order chi connectivity index (χ0) is 10.6. The summed E-state index contributed by atoms with van der Waals surface area (Å²) in [4.78, 5) is 0. The van der Waals surface area contributed by atoms with E-state index < -0.39 is 0 Å². The largest absolute Gasteiger partial charge is 0.508 e. The van der Waals surface area contributed by atoms with Crippen molar-refractivity contribution in [1.29, 1.82) is 0 Å². The predicted molar refractivity (Wildman–Crippen MR) is 63.8 cm³/mol. The molecular formula is C12H17BrO. The molecule has 0 saturated carbocycles. The lowest BCUT2D eigenvalue weighted by atomic mass is 10.0. The summed E-state index contributed by atoms with van der Waals surface area (Å²) in [5.41, 5.74) is 2.22. The van der Waals surface area contributed by atoms with Crippen molar-refractivity contribution in [3.63, 3.8) is 0 Å². The van der Waals surface area contributed by atoms with Gasteiger partial charge in [-0.15, -0.1) is 0 Å². The molecule has 0 radical (unpaired) electrons. The van der Waals surface area contributed by atoms with Crippen LogP contribution in [0.5, 0.6) is 5.75 Å². The van der Waals surface area contributed by atoms with Gasteiger partial charge in [0.2, 0.25) is 0 Å². The zero-order valence-electron chi connectivity index (χ0n) is 8.81. The lowest BCUT2D eigenvalue weighted by Crippen LogP contribution is -1.90. The molecule has 1 aromatic rings. The van der Waals surface area contributed by atoms with Crippen molar-refractivity contribution in [2.75, 3.05) is 0 Å². The van der Waals surface area contributed by atoms with Crippen LogP contribution in [0.15, 0.2) is 16.6 Å². The van der Waals surface area contributed by atoms with Crippen LogP contribution < -0.4 is 0 Å². The van der Waals surface area contributed by atoms with Crippen molar-refractivity contribution in [2.45, 2.75) is 39.5 Å². The standard InChI is InChI=1S/C12H17BrO/c1-3-5-6-10-8-12(14)9(4-2)7-11(10)13/h7-8,14H,3-6H2,1-2H3. The van der Waals surface area contributed by atoms with Crippen LogP contribution in [-0.4, -0.2) is 5.11 Å². The summed E-state index contributed by atoms with van der Waals surface area (Å²) >= 11 is 3.54. The van der Waals surface area contributed by atoms with Crippen LogP contribution in [0.1, 0.15) is 37.8 Å². The number of halogens is 1. The highest BCUT2D eigenvalue weighted by molar-refractivity contribution is 9.10. The number of rotatable bonds is 4. The molecule has 0 atom stereocenters. The molecule has 0 heterocycles. The molecule has 0 saturated heterocycles. The van der Waals surface area contributed by atoms with Crippen LogP contribution in [0.4, 0.5) is 0 Å². The summed E-state index contributed by atoms with van der Waals surface area (Å²) in [6, 6.07) is 3.92. The number of unbranched alkanes of at least 4 members (excludes halogenated alkanes) is 1. The van der Waals surface area contributed by atoms with Crippen LogP contribution in [0.25, 0.3) is 0 Å². The smallest absolute Gasteiger partial charge is 0.119 e. The van der Waals surface area contributed by atoms with Gasteiger partial charge in [-0.3, -0.25) is 0 Å². The zero-order valence-corrected chi connectivity index (χ0v) is 10.4. The second-order valence-electron chi connectivity index (χ2n) is 3.53. The van der Waals surface area contributed by atoms with E-state index >= 15 is 0 Å². The highest BCUT2D eigenvalue weighted by Crippen LogP contribution is 2.28. The maximum absolute atomic E-state index is 9.69. The highest BCUT2D eigenvalue weighted by atomic mass is 79.9. The van der Waals surface area contributed by atoms with Crippen molar-refractivity contribution >= 4 is 15.9 Å². The number of aryl methyl sites for hydroxylation is 2. The van der Waals surface area contributed by atoms with Gasteiger partial charge in [-0.25, -0.2) is 0 Å². The Hall–Kier alpha value is -0.500. The fraction of sp³-hybridized carbons (Fsp3) is 0.500. The molecule has 2 heteroatoms. The van der Waals surface area contributed by atoms with Crippen LogP contribution in [-0.2, 0) is 12.8 Å². The van der Waals surface area contributed by atoms with Crippen LogP contribution in [0, 0.1) is 0 Å². The lowest BCUT2D eigenvalue weighted by molar-refractivity contribution is 0.467. The normalized spacial score (nSPS) is 10.5. The molecule has 78 valence electrons. The average molecular weight is 257 g/mol. The van der Waals surface area contributed by atoms with Gasteiger partial charge in [-0.05, 0) is 42.5 Å². The Balaban J connectivity index is 2.90. The van der Waals surface area contributed by atoms with E-state index in [0.29, 0.717) is 5.75 Å². The van der Waals surface area contributed by atoms with Crippen LogP contribution in [0.3, 0.4) is 0 Å². The summed E-state index contributed by atoms with van der Waals surface area (Å²) in [7, 11) is 0. The van der Waals surface area contributed by atoms with Crippen molar-refractivity contribution in [2.24, 2.45) is 0 Å². The van der Waals surface area contributed by atoms with Gasteiger partial charge in [-0.1, -0.05) is 36.2 Å². The molecule has 14 heavy (non-hydrogen) atoms. The molecule has 1 aromatic carbocycles. The minimum Gasteiger partial charge on any atom is -0.508 e. The fourth-order valence-corrected chi connectivity index (χ4v) is 2.08. The summed E-state index contributed by atoms with van der Waals surface area (Å²) < 4.78 is 1.13. The minimum atomic E-state index is 0.432. The summed E-state index contributed by atoms with van der Waals surface area (Å²) in [5, 5.41) is 9.69. The summed E-state index contributed by atoms with van der Waals surface area (Å²) in [6.07, 6.45) is 4.26. The van der Waals surface area contributed by atoms with Crippen molar-refractivity contribution < 1.29 is 5.11 Å². The lowest BCUT2D eigenvalue weighted by Gasteiger charge is -2.08. The first-order chi connectivity index (χ1) is 6.69. The third-order valence-electron chi connectivity index (χ3n) is 2.43. The third kappa shape index (κ3) is 2.74. The van der Waals surface area contributed by atoms with Crippen molar-refractivity contribution in [1.82, 2.24) is 0 Å². The molecule has 0 aliphatic carbocycles. The van der Waals surface area contributed by atoms with Gasteiger partial charge in [0.15, 0.2) is 0 Å². The van der Waals surface area contributed by atoms with E-state index in [1.165, 1.54) is 18.4 Å². The number of phenolic OH excluding ortho intramolecular Hbond substituents is 1. The Morgan fingerprint density at radius 1 is 1.21 bits per heavy atom. The van der Waals surface area contributed by atoms with Gasteiger partial charge in [0.1, 0.15) is 5.75 Å². The van der Waals surface area contributed by atoms with E-state index in [4.69, 9.17) is 0 Å². The molecule has 0 spiro atoms. The van der Waals surface area contributed by atoms with Gasteiger partial charge < -0.3 is 5.11 Å². The number of aromatic hydroxyl groups is 1. The van der Waals surface area contributed by atoms with Crippen LogP contribution >= 0.6 is 15.9 Å².